The van der Waals surface area contributed by atoms with Crippen LogP contribution < -0.4 is 5.32 Å². The molecule has 0 aromatic heterocycles. The van der Waals surface area contributed by atoms with Gasteiger partial charge in [0.15, 0.2) is 0 Å². The van der Waals surface area contributed by atoms with Gasteiger partial charge >= 0.3 is 5.97 Å². The highest BCUT2D eigenvalue weighted by Crippen LogP contribution is 2.17. The minimum absolute atomic E-state index is 0.000108. The highest BCUT2D eigenvalue weighted by atomic mass is 16.5. The van der Waals surface area contributed by atoms with Crippen molar-refractivity contribution >= 4 is 11.9 Å². The van der Waals surface area contributed by atoms with Gasteiger partial charge in [-0.15, -0.1) is 0 Å². The van der Waals surface area contributed by atoms with Crippen LogP contribution in [0.25, 0.3) is 0 Å². The molecule has 1 fully saturated rings. The van der Waals surface area contributed by atoms with E-state index in [1.165, 1.54) is 0 Å². The molecule has 0 saturated carbocycles. The fraction of sp³-hybridized carbons (Fsp3) is 0.882. The lowest BCUT2D eigenvalue weighted by Crippen LogP contribution is -2.48. The number of esters is 1. The van der Waals surface area contributed by atoms with Gasteiger partial charge in [0.25, 0.3) is 0 Å². The minimum Gasteiger partial charge on any atom is -0.464 e. The highest BCUT2D eigenvalue weighted by Gasteiger charge is 2.27. The molecule has 0 atom stereocenters. The summed E-state index contributed by atoms with van der Waals surface area (Å²) in [5.74, 6) is -0.0670. The summed E-state index contributed by atoms with van der Waals surface area (Å²) in [6.07, 6.45) is 1.77. The van der Waals surface area contributed by atoms with Crippen molar-refractivity contribution in [1.29, 1.82) is 0 Å². The number of carbonyl (C=O) groups is 2. The lowest BCUT2D eigenvalue weighted by atomic mass is 9.94. The maximum Gasteiger partial charge on any atom is 0.320 e. The Balaban J connectivity index is 2.28. The Kier molecular flexibility index (Phi) is 6.41. The second kappa shape index (κ2) is 7.44. The first-order valence-corrected chi connectivity index (χ1v) is 8.16. The van der Waals surface area contributed by atoms with Crippen molar-refractivity contribution in [2.45, 2.75) is 60.4 Å². The zero-order valence-corrected chi connectivity index (χ0v) is 15.0. The summed E-state index contributed by atoms with van der Waals surface area (Å²) in [5.41, 5.74) is -0.353. The fourth-order valence-electron chi connectivity index (χ4n) is 2.16. The first kappa shape index (κ1) is 18.9. The maximum atomic E-state index is 12.0. The number of nitrogens with zero attached hydrogens (tertiary/aromatic N) is 1. The third-order valence-corrected chi connectivity index (χ3v) is 3.62. The van der Waals surface area contributed by atoms with Crippen LogP contribution in [0.2, 0.25) is 0 Å². The van der Waals surface area contributed by atoms with Gasteiger partial charge < -0.3 is 10.1 Å². The monoisotopic (exact) mass is 312 g/mol. The zero-order valence-electron chi connectivity index (χ0n) is 15.0. The molecule has 1 aliphatic rings. The van der Waals surface area contributed by atoms with Gasteiger partial charge in [-0.1, -0.05) is 41.5 Å². The summed E-state index contributed by atoms with van der Waals surface area (Å²) in [7, 11) is 0. The van der Waals surface area contributed by atoms with Crippen LogP contribution in [-0.4, -0.2) is 49.1 Å². The number of hydrogen-bond acceptors (Lipinski definition) is 4. The number of carbonyl (C=O) groups excluding carboxylic acids is 2. The molecule has 0 aromatic rings. The van der Waals surface area contributed by atoms with Gasteiger partial charge in [0.05, 0.1) is 13.2 Å². The van der Waals surface area contributed by atoms with E-state index in [4.69, 9.17) is 4.74 Å². The van der Waals surface area contributed by atoms with E-state index in [2.05, 4.69) is 10.2 Å². The van der Waals surface area contributed by atoms with Crippen LogP contribution in [0.1, 0.15) is 54.4 Å². The predicted octanol–water partition coefficient (Wildman–Crippen LogP) is 2.20. The van der Waals surface area contributed by atoms with Gasteiger partial charge in [-0.2, -0.15) is 0 Å². The molecule has 0 radical (unpaired) electrons. The maximum absolute atomic E-state index is 12.0. The molecule has 1 saturated heterocycles. The Hall–Kier alpha value is -1.10. The lowest BCUT2D eigenvalue weighted by molar-refractivity contribution is -0.148. The summed E-state index contributed by atoms with van der Waals surface area (Å²) < 4.78 is 5.29. The van der Waals surface area contributed by atoms with Crippen molar-refractivity contribution in [3.05, 3.63) is 0 Å². The fourth-order valence-corrected chi connectivity index (χ4v) is 2.16. The molecule has 0 bridgehead atoms. The second-order valence-electron chi connectivity index (χ2n) is 8.50. The van der Waals surface area contributed by atoms with E-state index < -0.39 is 0 Å². The van der Waals surface area contributed by atoms with Crippen LogP contribution in [0.3, 0.4) is 0 Å². The quantitative estimate of drug-likeness (QED) is 0.809. The van der Waals surface area contributed by atoms with Gasteiger partial charge in [0.2, 0.25) is 5.91 Å². The molecule has 5 heteroatoms. The standard InChI is InChI=1S/C17H32N2O3/c1-16(2,3)12-22-14(20)11-19-9-7-13(8-10-19)18-15(21)17(4,5)6/h13H,7-12H2,1-6H3,(H,18,21). The van der Waals surface area contributed by atoms with Crippen LogP contribution in [0.5, 0.6) is 0 Å². The van der Waals surface area contributed by atoms with Gasteiger partial charge in [-0.05, 0) is 18.3 Å². The van der Waals surface area contributed by atoms with Crippen LogP contribution in [0.15, 0.2) is 0 Å². The van der Waals surface area contributed by atoms with Gasteiger partial charge in [-0.25, -0.2) is 0 Å². The third-order valence-electron chi connectivity index (χ3n) is 3.62. The lowest BCUT2D eigenvalue weighted by Gasteiger charge is -2.33. The Morgan fingerprint density at radius 1 is 1.09 bits per heavy atom. The topological polar surface area (TPSA) is 58.6 Å². The molecular formula is C17H32N2O3. The van der Waals surface area contributed by atoms with Gasteiger partial charge in [-0.3, -0.25) is 14.5 Å². The van der Waals surface area contributed by atoms with Crippen molar-refractivity contribution in [2.75, 3.05) is 26.2 Å². The van der Waals surface area contributed by atoms with Crippen LogP contribution in [0, 0.1) is 10.8 Å². The zero-order chi connectivity index (χ0) is 17.0. The molecule has 0 aromatic carbocycles. The molecule has 1 amide bonds. The van der Waals surface area contributed by atoms with E-state index in [0.717, 1.165) is 25.9 Å². The number of likely N-dealkylation sites (tertiary alicyclic amines) is 1. The Bertz CT molecular complexity index is 386. The van der Waals surface area contributed by atoms with E-state index in [-0.39, 0.29) is 28.7 Å². The molecular weight excluding hydrogens is 280 g/mol. The Morgan fingerprint density at radius 3 is 2.09 bits per heavy atom. The van der Waals surface area contributed by atoms with Crippen LogP contribution in [-0.2, 0) is 14.3 Å². The Labute approximate surface area is 134 Å². The molecule has 1 aliphatic heterocycles. The van der Waals surface area contributed by atoms with Crippen molar-refractivity contribution in [2.24, 2.45) is 10.8 Å². The van der Waals surface area contributed by atoms with Crippen molar-refractivity contribution in [1.82, 2.24) is 10.2 Å². The van der Waals surface area contributed by atoms with Gasteiger partial charge in [0, 0.05) is 24.5 Å². The van der Waals surface area contributed by atoms with E-state index >= 15 is 0 Å². The smallest absolute Gasteiger partial charge is 0.320 e. The number of ether oxygens (including phenoxy) is 1. The number of amides is 1. The summed E-state index contributed by atoms with van der Waals surface area (Å²) >= 11 is 0. The predicted molar refractivity (Wildman–Crippen MR) is 87.5 cm³/mol. The van der Waals surface area contributed by atoms with Crippen LogP contribution in [0.4, 0.5) is 0 Å². The van der Waals surface area contributed by atoms with Crippen molar-refractivity contribution in [3.8, 4) is 0 Å². The first-order chi connectivity index (χ1) is 9.97. The third kappa shape index (κ3) is 7.25. The molecule has 128 valence electrons. The molecule has 1 N–H and O–H groups in total. The van der Waals surface area contributed by atoms with E-state index in [1.54, 1.807) is 0 Å². The molecule has 1 rings (SSSR count). The van der Waals surface area contributed by atoms with Crippen molar-refractivity contribution < 1.29 is 14.3 Å². The van der Waals surface area contributed by atoms with Crippen molar-refractivity contribution in [3.63, 3.8) is 0 Å². The number of hydrogen-bond donors (Lipinski definition) is 1. The summed E-state index contributed by atoms with van der Waals surface area (Å²) in [4.78, 5) is 25.9. The number of piperidine rings is 1. The average Bonchev–Trinajstić information content (AvgIpc) is 2.37. The molecule has 0 aliphatic carbocycles. The second-order valence-corrected chi connectivity index (χ2v) is 8.50. The van der Waals surface area contributed by atoms with E-state index in [0.29, 0.717) is 13.2 Å². The molecule has 22 heavy (non-hydrogen) atoms. The van der Waals surface area contributed by atoms with E-state index in [1.807, 2.05) is 41.5 Å². The minimum atomic E-state index is -0.353. The summed E-state index contributed by atoms with van der Waals surface area (Å²) in [6.45, 7) is 14.3. The number of rotatable bonds is 4. The van der Waals surface area contributed by atoms with Crippen LogP contribution >= 0.6 is 0 Å². The first-order valence-electron chi connectivity index (χ1n) is 8.16. The summed E-state index contributed by atoms with van der Waals surface area (Å²) in [5, 5.41) is 3.10. The largest absolute Gasteiger partial charge is 0.464 e. The highest BCUT2D eigenvalue weighted by molar-refractivity contribution is 5.81. The normalized spacial score (nSPS) is 18.1. The van der Waals surface area contributed by atoms with Gasteiger partial charge in [0.1, 0.15) is 0 Å². The molecule has 5 nitrogen and oxygen atoms in total. The molecule has 1 heterocycles. The summed E-state index contributed by atoms with van der Waals surface area (Å²) in [6, 6.07) is 0.216. The molecule has 0 unspecified atom stereocenters. The Morgan fingerprint density at radius 2 is 1.64 bits per heavy atom. The average molecular weight is 312 g/mol. The molecule has 0 spiro atoms. The van der Waals surface area contributed by atoms with E-state index in [9.17, 15) is 9.59 Å². The SMILES string of the molecule is CC(C)(C)COC(=O)CN1CCC(NC(=O)C(C)(C)C)CC1. The number of nitrogens with one attached hydrogen (secondary N) is 1.